The molecule has 2 amide bonds. The molecule has 1 aromatic carbocycles. The minimum Gasteiger partial charge on any atom is -0.468 e. The second-order valence-corrected chi connectivity index (χ2v) is 8.21. The summed E-state index contributed by atoms with van der Waals surface area (Å²) >= 11 is 0. The highest BCUT2D eigenvalue weighted by Gasteiger charge is 2.27. The molecule has 154 valence electrons. The van der Waals surface area contributed by atoms with Gasteiger partial charge in [0.15, 0.2) is 5.78 Å². The molecule has 0 spiro atoms. The van der Waals surface area contributed by atoms with Crippen LogP contribution in [0, 0.1) is 0 Å². The van der Waals surface area contributed by atoms with Gasteiger partial charge in [-0.1, -0.05) is 12.1 Å². The molecular weight excluding hydrogens is 372 g/mol. The number of aryl methyl sites for hydroxylation is 1. The lowest BCUT2D eigenvalue weighted by Gasteiger charge is -2.24. The smallest absolute Gasteiger partial charge is 0.410 e. The predicted molar refractivity (Wildman–Crippen MR) is 108 cm³/mol. The number of anilines is 1. The quantitative estimate of drug-likeness (QED) is 0.824. The molecule has 0 atom stereocenters. The van der Waals surface area contributed by atoms with Crippen LogP contribution in [0.3, 0.4) is 0 Å². The van der Waals surface area contributed by atoms with E-state index in [-0.39, 0.29) is 17.3 Å². The van der Waals surface area contributed by atoms with Crippen LogP contribution in [-0.4, -0.2) is 35.3 Å². The summed E-state index contributed by atoms with van der Waals surface area (Å²) in [5.74, 6) is 0.168. The third kappa shape index (κ3) is 5.04. The number of amides is 2. The zero-order valence-corrected chi connectivity index (χ0v) is 17.2. The van der Waals surface area contributed by atoms with Crippen molar-refractivity contribution in [1.82, 2.24) is 4.90 Å². The molecule has 29 heavy (non-hydrogen) atoms. The van der Waals surface area contributed by atoms with E-state index in [0.717, 1.165) is 12.0 Å². The van der Waals surface area contributed by atoms with Crippen molar-refractivity contribution in [2.45, 2.75) is 52.2 Å². The van der Waals surface area contributed by atoms with E-state index in [2.05, 4.69) is 5.32 Å². The standard InChI is InChI=1S/C22H26N2O5/c1-22(2,3)29-21(27)24(4)12-14-8-10-15(11-9-14)23-20(26)16-13-28-18-7-5-6-17(25)19(16)18/h8-11,13H,5-7,12H2,1-4H3,(H,23,26). The highest BCUT2D eigenvalue weighted by molar-refractivity contribution is 6.13. The zero-order valence-electron chi connectivity index (χ0n) is 17.2. The van der Waals surface area contributed by atoms with Gasteiger partial charge in [0.25, 0.3) is 5.91 Å². The van der Waals surface area contributed by atoms with Crippen LogP contribution < -0.4 is 5.32 Å². The van der Waals surface area contributed by atoms with Gasteiger partial charge in [0, 0.05) is 32.1 Å². The van der Waals surface area contributed by atoms with Crippen molar-refractivity contribution < 1.29 is 23.5 Å². The minimum absolute atomic E-state index is 0.0503. The lowest BCUT2D eigenvalue weighted by molar-refractivity contribution is 0.0285. The summed E-state index contributed by atoms with van der Waals surface area (Å²) in [6.07, 6.45) is 2.82. The van der Waals surface area contributed by atoms with Gasteiger partial charge in [-0.15, -0.1) is 0 Å². The molecule has 1 aliphatic rings. The Morgan fingerprint density at radius 3 is 2.52 bits per heavy atom. The minimum atomic E-state index is -0.548. The van der Waals surface area contributed by atoms with E-state index in [9.17, 15) is 14.4 Å². The van der Waals surface area contributed by atoms with Crippen LogP contribution in [0.1, 0.15) is 65.7 Å². The lowest BCUT2D eigenvalue weighted by atomic mass is 9.94. The number of carbonyl (C=O) groups excluding carboxylic acids is 3. The van der Waals surface area contributed by atoms with Gasteiger partial charge in [0.1, 0.15) is 17.6 Å². The second-order valence-electron chi connectivity index (χ2n) is 8.21. The molecular formula is C22H26N2O5. The Bertz CT molecular complexity index is 922. The predicted octanol–water partition coefficient (Wildman–Crippen LogP) is 4.42. The van der Waals surface area contributed by atoms with Crippen molar-refractivity contribution in [2.75, 3.05) is 12.4 Å². The largest absolute Gasteiger partial charge is 0.468 e. The number of rotatable bonds is 4. The molecule has 0 saturated heterocycles. The van der Waals surface area contributed by atoms with E-state index in [1.807, 2.05) is 32.9 Å². The van der Waals surface area contributed by atoms with E-state index in [4.69, 9.17) is 9.15 Å². The first-order valence-electron chi connectivity index (χ1n) is 9.62. The van der Waals surface area contributed by atoms with E-state index in [0.29, 0.717) is 36.4 Å². The summed E-state index contributed by atoms with van der Waals surface area (Å²) < 4.78 is 10.7. The SMILES string of the molecule is CN(Cc1ccc(NC(=O)c2coc3c2C(=O)CCC3)cc1)C(=O)OC(C)(C)C. The topological polar surface area (TPSA) is 88.9 Å². The second kappa shape index (κ2) is 8.11. The molecule has 1 N–H and O–H groups in total. The maximum Gasteiger partial charge on any atom is 0.410 e. The zero-order chi connectivity index (χ0) is 21.2. The van der Waals surface area contributed by atoms with Crippen molar-refractivity contribution in [3.05, 3.63) is 53.0 Å². The van der Waals surface area contributed by atoms with Crippen LogP contribution in [0.2, 0.25) is 0 Å². The fraction of sp³-hybridized carbons (Fsp3) is 0.409. The van der Waals surface area contributed by atoms with Crippen molar-refractivity contribution in [2.24, 2.45) is 0 Å². The molecule has 7 nitrogen and oxygen atoms in total. The molecule has 0 aliphatic heterocycles. The number of hydrogen-bond acceptors (Lipinski definition) is 5. The number of fused-ring (bicyclic) bond motifs is 1. The number of ketones is 1. The van der Waals surface area contributed by atoms with Crippen LogP contribution in [0.4, 0.5) is 10.5 Å². The number of carbonyl (C=O) groups is 3. The fourth-order valence-corrected chi connectivity index (χ4v) is 3.16. The first-order valence-corrected chi connectivity index (χ1v) is 9.62. The number of Topliss-reactive ketones (excluding diaryl/α,β-unsaturated/α-hetero) is 1. The van der Waals surface area contributed by atoms with Gasteiger partial charge >= 0.3 is 6.09 Å². The molecule has 0 saturated carbocycles. The molecule has 1 aromatic heterocycles. The Labute approximate surface area is 170 Å². The molecule has 3 rings (SSSR count). The Balaban J connectivity index is 1.62. The molecule has 0 fully saturated rings. The van der Waals surface area contributed by atoms with Crippen LogP contribution in [0.15, 0.2) is 34.9 Å². The van der Waals surface area contributed by atoms with Crippen LogP contribution in [0.25, 0.3) is 0 Å². The maximum absolute atomic E-state index is 12.6. The Hall–Kier alpha value is -3.09. The molecule has 7 heteroatoms. The van der Waals surface area contributed by atoms with Crippen LogP contribution in [-0.2, 0) is 17.7 Å². The number of ether oxygens (including phenoxy) is 1. The third-order valence-electron chi connectivity index (χ3n) is 4.54. The number of nitrogens with zero attached hydrogens (tertiary/aromatic N) is 1. The van der Waals surface area contributed by atoms with Gasteiger partial charge < -0.3 is 19.4 Å². The summed E-state index contributed by atoms with van der Waals surface area (Å²) in [6.45, 7) is 5.84. The van der Waals surface area contributed by atoms with Gasteiger partial charge in [0.05, 0.1) is 11.1 Å². The maximum atomic E-state index is 12.6. The van der Waals surface area contributed by atoms with Gasteiger partial charge in [-0.25, -0.2) is 4.79 Å². The number of hydrogen-bond donors (Lipinski definition) is 1. The third-order valence-corrected chi connectivity index (χ3v) is 4.54. The van der Waals surface area contributed by atoms with Gasteiger partial charge in [0.2, 0.25) is 0 Å². The molecule has 1 heterocycles. The molecule has 1 aliphatic carbocycles. The number of nitrogens with one attached hydrogen (secondary N) is 1. The number of furan rings is 1. The lowest BCUT2D eigenvalue weighted by Crippen LogP contribution is -2.33. The van der Waals surface area contributed by atoms with Gasteiger partial charge in [-0.05, 0) is 44.9 Å². The first-order chi connectivity index (χ1) is 13.6. The molecule has 2 aromatic rings. The van der Waals surface area contributed by atoms with Crippen LogP contribution >= 0.6 is 0 Å². The van der Waals surface area contributed by atoms with E-state index in [1.54, 1.807) is 19.2 Å². The van der Waals surface area contributed by atoms with E-state index >= 15 is 0 Å². The highest BCUT2D eigenvalue weighted by atomic mass is 16.6. The first kappa shape index (κ1) is 20.6. The van der Waals surface area contributed by atoms with Gasteiger partial charge in [-0.2, -0.15) is 0 Å². The summed E-state index contributed by atoms with van der Waals surface area (Å²) in [5.41, 5.74) is 1.62. The van der Waals surface area contributed by atoms with Crippen molar-refractivity contribution in [3.8, 4) is 0 Å². The molecule has 0 radical (unpaired) electrons. The average Bonchev–Trinajstić information content (AvgIpc) is 3.07. The van der Waals surface area contributed by atoms with E-state index in [1.165, 1.54) is 11.2 Å². The highest BCUT2D eigenvalue weighted by Crippen LogP contribution is 2.27. The summed E-state index contributed by atoms with van der Waals surface area (Å²) in [5, 5.41) is 2.79. The van der Waals surface area contributed by atoms with Crippen molar-refractivity contribution in [1.29, 1.82) is 0 Å². The molecule has 0 unspecified atom stereocenters. The monoisotopic (exact) mass is 398 g/mol. The van der Waals surface area contributed by atoms with Crippen LogP contribution in [0.5, 0.6) is 0 Å². The summed E-state index contributed by atoms with van der Waals surface area (Å²) in [4.78, 5) is 38.3. The fourth-order valence-electron chi connectivity index (χ4n) is 3.16. The summed E-state index contributed by atoms with van der Waals surface area (Å²) in [6, 6.07) is 7.16. The van der Waals surface area contributed by atoms with Crippen molar-refractivity contribution >= 4 is 23.5 Å². The Morgan fingerprint density at radius 2 is 1.86 bits per heavy atom. The Kier molecular flexibility index (Phi) is 5.77. The molecule has 0 bridgehead atoms. The Morgan fingerprint density at radius 1 is 1.17 bits per heavy atom. The van der Waals surface area contributed by atoms with E-state index < -0.39 is 11.7 Å². The van der Waals surface area contributed by atoms with Gasteiger partial charge in [-0.3, -0.25) is 9.59 Å². The number of benzene rings is 1. The summed E-state index contributed by atoms with van der Waals surface area (Å²) in [7, 11) is 1.67. The normalized spacial score (nSPS) is 13.6. The average molecular weight is 398 g/mol. The van der Waals surface area contributed by atoms with Crippen molar-refractivity contribution in [3.63, 3.8) is 0 Å².